The smallest absolute Gasteiger partial charge is 0.134 e. The van der Waals surface area contributed by atoms with E-state index in [9.17, 15) is 0 Å². The van der Waals surface area contributed by atoms with Gasteiger partial charge in [0.25, 0.3) is 0 Å². The van der Waals surface area contributed by atoms with Gasteiger partial charge >= 0.3 is 0 Å². The van der Waals surface area contributed by atoms with Crippen LogP contribution >= 0.6 is 0 Å². The van der Waals surface area contributed by atoms with Crippen molar-refractivity contribution >= 4 is 11.0 Å². The molecule has 0 spiro atoms. The summed E-state index contributed by atoms with van der Waals surface area (Å²) in [5.74, 6) is 1.08. The number of hydrogen-bond donors (Lipinski definition) is 1. The fourth-order valence-corrected chi connectivity index (χ4v) is 1.66. The zero-order valence-electron chi connectivity index (χ0n) is 9.29. The lowest BCUT2D eigenvalue weighted by Crippen LogP contribution is -2.21. The second kappa shape index (κ2) is 4.49. The minimum absolute atomic E-state index is 0.540. The average molecular weight is 203 g/mol. The number of furan rings is 1. The summed E-state index contributed by atoms with van der Waals surface area (Å²) in [6.45, 7) is 2.18. The molecule has 1 heterocycles. The number of para-hydroxylation sites is 1. The van der Waals surface area contributed by atoms with E-state index in [2.05, 4.69) is 24.4 Å². The van der Waals surface area contributed by atoms with E-state index in [-0.39, 0.29) is 0 Å². The van der Waals surface area contributed by atoms with E-state index in [0.29, 0.717) is 6.04 Å². The van der Waals surface area contributed by atoms with Gasteiger partial charge in [0, 0.05) is 17.8 Å². The highest BCUT2D eigenvalue weighted by atomic mass is 16.3. The van der Waals surface area contributed by atoms with Crippen LogP contribution in [0.2, 0.25) is 0 Å². The molecule has 0 amide bonds. The van der Waals surface area contributed by atoms with Gasteiger partial charge in [-0.1, -0.05) is 18.2 Å². The molecule has 15 heavy (non-hydrogen) atoms. The Morgan fingerprint density at radius 1 is 1.33 bits per heavy atom. The number of benzene rings is 1. The Balaban J connectivity index is 2.09. The van der Waals surface area contributed by atoms with E-state index >= 15 is 0 Å². The van der Waals surface area contributed by atoms with Gasteiger partial charge in [0.1, 0.15) is 11.3 Å². The van der Waals surface area contributed by atoms with Gasteiger partial charge in [0.15, 0.2) is 0 Å². The van der Waals surface area contributed by atoms with Crippen molar-refractivity contribution < 1.29 is 4.42 Å². The van der Waals surface area contributed by atoms with Gasteiger partial charge in [-0.15, -0.1) is 0 Å². The van der Waals surface area contributed by atoms with Crippen LogP contribution in [0.3, 0.4) is 0 Å². The first-order chi connectivity index (χ1) is 7.29. The van der Waals surface area contributed by atoms with Crippen LogP contribution in [0.15, 0.2) is 34.7 Å². The zero-order chi connectivity index (χ0) is 10.7. The Bertz CT molecular complexity index is 400. The number of fused-ring (bicyclic) bond motifs is 1. The number of nitrogens with one attached hydrogen (secondary N) is 1. The van der Waals surface area contributed by atoms with E-state index < -0.39 is 0 Å². The Morgan fingerprint density at radius 3 is 2.87 bits per heavy atom. The molecule has 2 rings (SSSR count). The first-order valence-corrected chi connectivity index (χ1v) is 5.44. The molecule has 1 aromatic carbocycles. The maximum atomic E-state index is 5.74. The zero-order valence-corrected chi connectivity index (χ0v) is 9.29. The van der Waals surface area contributed by atoms with Gasteiger partial charge < -0.3 is 9.73 Å². The summed E-state index contributed by atoms with van der Waals surface area (Å²) in [5, 5.41) is 4.43. The van der Waals surface area contributed by atoms with Crippen LogP contribution in [0.5, 0.6) is 0 Å². The van der Waals surface area contributed by atoms with Crippen LogP contribution in [-0.2, 0) is 6.42 Å². The minimum Gasteiger partial charge on any atom is -0.461 e. The molecular weight excluding hydrogens is 186 g/mol. The summed E-state index contributed by atoms with van der Waals surface area (Å²) >= 11 is 0. The summed E-state index contributed by atoms with van der Waals surface area (Å²) < 4.78 is 5.74. The average Bonchev–Trinajstić information content (AvgIpc) is 2.68. The second-order valence-electron chi connectivity index (χ2n) is 3.98. The molecular formula is C13H17NO. The van der Waals surface area contributed by atoms with Crippen molar-refractivity contribution in [2.75, 3.05) is 7.05 Å². The molecule has 2 heteroatoms. The lowest BCUT2D eigenvalue weighted by atomic mass is 10.1. The van der Waals surface area contributed by atoms with Gasteiger partial charge in [0.05, 0.1) is 0 Å². The van der Waals surface area contributed by atoms with Crippen LogP contribution in [0.4, 0.5) is 0 Å². The molecule has 1 N–H and O–H groups in total. The first-order valence-electron chi connectivity index (χ1n) is 5.44. The van der Waals surface area contributed by atoms with E-state index in [1.165, 1.54) is 5.39 Å². The molecule has 0 radical (unpaired) electrons. The fourth-order valence-electron chi connectivity index (χ4n) is 1.66. The molecule has 1 unspecified atom stereocenters. The molecule has 0 fully saturated rings. The van der Waals surface area contributed by atoms with Crippen LogP contribution in [0.25, 0.3) is 11.0 Å². The summed E-state index contributed by atoms with van der Waals surface area (Å²) in [7, 11) is 1.99. The number of aryl methyl sites for hydroxylation is 1. The second-order valence-corrected chi connectivity index (χ2v) is 3.98. The van der Waals surface area contributed by atoms with Crippen LogP contribution in [0.1, 0.15) is 19.1 Å². The molecule has 1 atom stereocenters. The van der Waals surface area contributed by atoms with E-state index in [0.717, 1.165) is 24.2 Å². The van der Waals surface area contributed by atoms with Crippen LogP contribution in [0, 0.1) is 0 Å². The third kappa shape index (κ3) is 2.39. The molecule has 0 aliphatic heterocycles. The van der Waals surface area contributed by atoms with Gasteiger partial charge in [-0.2, -0.15) is 0 Å². The minimum atomic E-state index is 0.540. The van der Waals surface area contributed by atoms with Crippen molar-refractivity contribution in [1.82, 2.24) is 5.32 Å². The SMILES string of the molecule is CNC(C)CCc1cc2ccccc2o1. The van der Waals surface area contributed by atoms with Crippen LogP contribution < -0.4 is 5.32 Å². The highest BCUT2D eigenvalue weighted by Crippen LogP contribution is 2.19. The Labute approximate surface area is 90.3 Å². The molecule has 2 nitrogen and oxygen atoms in total. The highest BCUT2D eigenvalue weighted by molar-refractivity contribution is 5.77. The normalized spacial score (nSPS) is 13.2. The standard InChI is InChI=1S/C13H17NO/c1-10(14-2)7-8-12-9-11-5-3-4-6-13(11)15-12/h3-6,9-10,14H,7-8H2,1-2H3. The number of hydrogen-bond acceptors (Lipinski definition) is 2. The third-order valence-electron chi connectivity index (χ3n) is 2.79. The fraction of sp³-hybridized carbons (Fsp3) is 0.385. The Hall–Kier alpha value is -1.28. The van der Waals surface area contributed by atoms with E-state index in [1.807, 2.05) is 25.2 Å². The molecule has 0 aliphatic rings. The lowest BCUT2D eigenvalue weighted by Gasteiger charge is -2.07. The lowest BCUT2D eigenvalue weighted by molar-refractivity contribution is 0.497. The molecule has 80 valence electrons. The maximum Gasteiger partial charge on any atom is 0.134 e. The molecule has 2 aromatic rings. The number of rotatable bonds is 4. The topological polar surface area (TPSA) is 25.2 Å². The predicted octanol–water partition coefficient (Wildman–Crippen LogP) is 2.97. The molecule has 0 bridgehead atoms. The monoisotopic (exact) mass is 203 g/mol. The third-order valence-corrected chi connectivity index (χ3v) is 2.79. The van der Waals surface area contributed by atoms with Gasteiger partial charge in [-0.25, -0.2) is 0 Å². The van der Waals surface area contributed by atoms with E-state index in [4.69, 9.17) is 4.42 Å². The summed E-state index contributed by atoms with van der Waals surface area (Å²) in [4.78, 5) is 0. The molecule has 0 aliphatic carbocycles. The summed E-state index contributed by atoms with van der Waals surface area (Å²) in [5.41, 5.74) is 0.990. The largest absolute Gasteiger partial charge is 0.461 e. The van der Waals surface area contributed by atoms with Gasteiger partial charge in [-0.3, -0.25) is 0 Å². The van der Waals surface area contributed by atoms with E-state index in [1.54, 1.807) is 0 Å². The Kier molecular flexibility index (Phi) is 3.07. The van der Waals surface area contributed by atoms with Crippen molar-refractivity contribution in [3.8, 4) is 0 Å². The van der Waals surface area contributed by atoms with Gasteiger partial charge in [0.2, 0.25) is 0 Å². The highest BCUT2D eigenvalue weighted by Gasteiger charge is 2.04. The molecule has 0 saturated carbocycles. The van der Waals surface area contributed by atoms with Crippen molar-refractivity contribution in [2.45, 2.75) is 25.8 Å². The van der Waals surface area contributed by atoms with Crippen LogP contribution in [-0.4, -0.2) is 13.1 Å². The Morgan fingerprint density at radius 2 is 2.13 bits per heavy atom. The van der Waals surface area contributed by atoms with Crippen molar-refractivity contribution in [2.24, 2.45) is 0 Å². The van der Waals surface area contributed by atoms with Crippen molar-refractivity contribution in [3.63, 3.8) is 0 Å². The summed E-state index contributed by atoms with van der Waals surface area (Å²) in [6.07, 6.45) is 2.10. The molecule has 0 saturated heterocycles. The van der Waals surface area contributed by atoms with Crippen molar-refractivity contribution in [1.29, 1.82) is 0 Å². The van der Waals surface area contributed by atoms with Crippen molar-refractivity contribution in [3.05, 3.63) is 36.1 Å². The first kappa shape index (κ1) is 10.2. The molecule has 1 aromatic heterocycles. The summed E-state index contributed by atoms with van der Waals surface area (Å²) in [6, 6.07) is 10.8. The quantitative estimate of drug-likeness (QED) is 0.826. The van der Waals surface area contributed by atoms with Gasteiger partial charge in [-0.05, 0) is 32.5 Å². The predicted molar refractivity (Wildman–Crippen MR) is 63.1 cm³/mol. The maximum absolute atomic E-state index is 5.74.